The van der Waals surface area contributed by atoms with E-state index in [0.717, 1.165) is 29.4 Å². The zero-order valence-electron chi connectivity index (χ0n) is 29.2. The van der Waals surface area contributed by atoms with Crippen LogP contribution in [0.2, 0.25) is 37.8 Å². The zero-order chi connectivity index (χ0) is 32.7. The van der Waals surface area contributed by atoms with Crippen LogP contribution in [-0.2, 0) is 34.5 Å². The lowest BCUT2D eigenvalue weighted by Gasteiger charge is -2.43. The fourth-order valence-corrected chi connectivity index (χ4v) is 10.7. The number of hydrogen-bond donors (Lipinski definition) is 0. The molecule has 1 aliphatic rings. The third-order valence-corrected chi connectivity index (χ3v) is 15.5. The van der Waals surface area contributed by atoms with Gasteiger partial charge in [-0.05, 0) is 69.3 Å². The van der Waals surface area contributed by atoms with Gasteiger partial charge < -0.3 is 23.1 Å². The molecule has 1 aliphatic heterocycles. The Morgan fingerprint density at radius 3 is 1.98 bits per heavy atom. The molecule has 2 rings (SSSR count). The molecule has 1 aromatic carbocycles. The maximum Gasteiger partial charge on any atom is 0.311 e. The highest BCUT2D eigenvalue weighted by Crippen LogP contribution is 2.37. The fourth-order valence-electron chi connectivity index (χ4n) is 6.47. The average Bonchev–Trinajstić information content (AvgIpc) is 2.98. The number of rotatable bonds is 17. The van der Waals surface area contributed by atoms with Crippen molar-refractivity contribution in [1.82, 2.24) is 0 Å². The third kappa shape index (κ3) is 9.73. The molecule has 0 aliphatic carbocycles. The van der Waals surface area contributed by atoms with Crippen molar-refractivity contribution < 1.29 is 32.7 Å². The first-order valence-electron chi connectivity index (χ1n) is 16.4. The van der Waals surface area contributed by atoms with Gasteiger partial charge in [0.1, 0.15) is 17.6 Å². The van der Waals surface area contributed by atoms with Crippen molar-refractivity contribution in [2.24, 2.45) is 29.6 Å². The largest absolute Gasteiger partial charge is 0.497 e. The number of methoxy groups -OCH3 is 1. The van der Waals surface area contributed by atoms with Crippen LogP contribution in [0.3, 0.4) is 0 Å². The summed E-state index contributed by atoms with van der Waals surface area (Å²) < 4.78 is 31.1. The van der Waals surface area contributed by atoms with E-state index in [0.29, 0.717) is 6.61 Å². The zero-order valence-corrected chi connectivity index (χ0v) is 31.2. The van der Waals surface area contributed by atoms with Crippen molar-refractivity contribution in [2.45, 2.75) is 131 Å². The number of cyclic esters (lactones) is 1. The molecular formula is C34H60O7Si2. The second-order valence-corrected chi connectivity index (χ2v) is 23.0. The molecule has 7 nitrogen and oxygen atoms in total. The quantitative estimate of drug-likeness (QED) is 0.127. The highest BCUT2D eigenvalue weighted by Gasteiger charge is 2.48. The SMILES string of the molecule is CC[Si](CC)(CC)O[C@H](C)[C@@H](C)[C@@H](O[Si](C)(C)C)[C@@H](C)C(=O)[C@@H](C)[C@H]1OC(=O)[C@H](C)[C@@H](OCc2ccc(OC)cc2)[C@@H]1C. The van der Waals surface area contributed by atoms with Crippen LogP contribution < -0.4 is 4.74 Å². The summed E-state index contributed by atoms with van der Waals surface area (Å²) in [7, 11) is -2.20. The Balaban J connectivity index is 2.25. The van der Waals surface area contributed by atoms with Gasteiger partial charge in [0.15, 0.2) is 16.6 Å². The number of esters is 1. The molecule has 9 heteroatoms. The second-order valence-electron chi connectivity index (χ2n) is 13.8. The molecule has 0 unspecified atom stereocenters. The molecule has 0 spiro atoms. The van der Waals surface area contributed by atoms with Crippen molar-refractivity contribution in [2.75, 3.05) is 7.11 Å². The van der Waals surface area contributed by atoms with Crippen LogP contribution in [0, 0.1) is 29.6 Å². The van der Waals surface area contributed by atoms with Gasteiger partial charge in [-0.1, -0.05) is 60.6 Å². The molecular weight excluding hydrogens is 577 g/mol. The fraction of sp³-hybridized carbons (Fsp3) is 0.765. The van der Waals surface area contributed by atoms with Crippen LogP contribution in [0.15, 0.2) is 24.3 Å². The predicted octanol–water partition coefficient (Wildman–Crippen LogP) is 7.89. The molecule has 0 radical (unpaired) electrons. The van der Waals surface area contributed by atoms with Gasteiger partial charge >= 0.3 is 5.97 Å². The summed E-state index contributed by atoms with van der Waals surface area (Å²) >= 11 is 0. The summed E-state index contributed by atoms with van der Waals surface area (Å²) in [5, 5.41) is 0. The minimum atomic E-state index is -2.00. The molecule has 9 atom stereocenters. The summed E-state index contributed by atoms with van der Waals surface area (Å²) in [4.78, 5) is 27.2. The lowest BCUT2D eigenvalue weighted by molar-refractivity contribution is -0.191. The lowest BCUT2D eigenvalue weighted by Crippen LogP contribution is -2.53. The van der Waals surface area contributed by atoms with Crippen LogP contribution in [0.25, 0.3) is 0 Å². The van der Waals surface area contributed by atoms with Crippen molar-refractivity contribution in [3.8, 4) is 5.75 Å². The minimum Gasteiger partial charge on any atom is -0.497 e. The lowest BCUT2D eigenvalue weighted by atomic mass is 9.76. The number of carbonyl (C=O) groups excluding carboxylic acids is 2. The number of ketones is 1. The number of ether oxygens (including phenoxy) is 3. The van der Waals surface area contributed by atoms with E-state index in [1.54, 1.807) is 7.11 Å². The summed E-state index contributed by atoms with van der Waals surface area (Å²) in [5.41, 5.74) is 0.992. The molecule has 1 fully saturated rings. The summed E-state index contributed by atoms with van der Waals surface area (Å²) in [5.74, 6) is -0.916. The third-order valence-electron chi connectivity index (χ3n) is 9.76. The van der Waals surface area contributed by atoms with Crippen molar-refractivity contribution in [3.63, 3.8) is 0 Å². The Hall–Kier alpha value is -1.53. The van der Waals surface area contributed by atoms with Crippen LogP contribution in [-0.4, -0.2) is 59.9 Å². The highest BCUT2D eigenvalue weighted by molar-refractivity contribution is 6.73. The molecule has 0 bridgehead atoms. The van der Waals surface area contributed by atoms with Gasteiger partial charge in [-0.25, -0.2) is 0 Å². The van der Waals surface area contributed by atoms with Gasteiger partial charge in [-0.2, -0.15) is 0 Å². The van der Waals surface area contributed by atoms with E-state index in [1.165, 1.54) is 0 Å². The molecule has 0 aromatic heterocycles. The number of Topliss-reactive ketones (excluding diaryl/α,β-unsaturated/α-hetero) is 1. The predicted molar refractivity (Wildman–Crippen MR) is 178 cm³/mol. The molecule has 1 aromatic rings. The van der Waals surface area contributed by atoms with Crippen molar-refractivity contribution in [3.05, 3.63) is 29.8 Å². The van der Waals surface area contributed by atoms with Gasteiger partial charge in [0.25, 0.3) is 0 Å². The highest BCUT2D eigenvalue weighted by atomic mass is 28.4. The molecule has 43 heavy (non-hydrogen) atoms. The van der Waals surface area contributed by atoms with Gasteiger partial charge in [-0.3, -0.25) is 9.59 Å². The molecule has 1 saturated heterocycles. The van der Waals surface area contributed by atoms with Crippen LogP contribution in [0.4, 0.5) is 0 Å². The maximum atomic E-state index is 14.2. The van der Waals surface area contributed by atoms with E-state index in [4.69, 9.17) is 23.1 Å². The van der Waals surface area contributed by atoms with Crippen LogP contribution in [0.5, 0.6) is 5.75 Å². The van der Waals surface area contributed by atoms with Crippen LogP contribution >= 0.6 is 0 Å². The van der Waals surface area contributed by atoms with Gasteiger partial charge in [0.05, 0.1) is 37.8 Å². The van der Waals surface area contributed by atoms with Gasteiger partial charge in [-0.15, -0.1) is 0 Å². The van der Waals surface area contributed by atoms with Crippen LogP contribution in [0.1, 0.15) is 67.9 Å². The monoisotopic (exact) mass is 636 g/mol. The average molecular weight is 637 g/mol. The summed E-state index contributed by atoms with van der Waals surface area (Å²) in [6.07, 6.45) is -1.25. The normalized spacial score (nSPS) is 24.9. The van der Waals surface area contributed by atoms with Gasteiger partial charge in [0, 0.05) is 23.9 Å². The number of benzene rings is 1. The summed E-state index contributed by atoms with van der Waals surface area (Å²) in [6.45, 7) is 25.6. The van der Waals surface area contributed by atoms with E-state index in [9.17, 15) is 9.59 Å². The van der Waals surface area contributed by atoms with Crippen molar-refractivity contribution >= 4 is 28.4 Å². The van der Waals surface area contributed by atoms with Gasteiger partial charge in [0.2, 0.25) is 0 Å². The Kier molecular flexibility index (Phi) is 14.2. The first kappa shape index (κ1) is 37.7. The topological polar surface area (TPSA) is 80.3 Å². The molecule has 246 valence electrons. The first-order valence-corrected chi connectivity index (χ1v) is 22.3. The second kappa shape index (κ2) is 16.2. The number of carbonyl (C=O) groups is 2. The standard InChI is InChI=1S/C34H60O7Si2/c1-14-43(15-2,16-3)40-27(9)22(4)33(41-42(11,12)13)24(6)30(35)23(5)32-25(7)31(26(8)34(36)39-32)38-21-28-17-19-29(37-10)20-18-28/h17-20,22-27,31-33H,14-16,21H2,1-13H3/t22-,23-,24+,25+,26-,27-,31+,32-,33-/m1/s1. The Morgan fingerprint density at radius 1 is 0.930 bits per heavy atom. The molecule has 1 heterocycles. The Labute approximate surface area is 264 Å². The Bertz CT molecular complexity index is 1010. The maximum absolute atomic E-state index is 14.2. The Morgan fingerprint density at radius 2 is 1.49 bits per heavy atom. The van der Waals surface area contributed by atoms with Crippen molar-refractivity contribution in [1.29, 1.82) is 0 Å². The molecule has 0 saturated carbocycles. The molecule has 0 amide bonds. The minimum absolute atomic E-state index is 0.0264. The van der Waals surface area contributed by atoms with E-state index >= 15 is 0 Å². The van der Waals surface area contributed by atoms with E-state index in [1.807, 2.05) is 52.0 Å². The first-order chi connectivity index (χ1) is 20.0. The van der Waals surface area contributed by atoms with E-state index in [2.05, 4.69) is 54.3 Å². The molecule has 0 N–H and O–H groups in total. The summed E-state index contributed by atoms with van der Waals surface area (Å²) in [6, 6.07) is 10.9. The number of hydrogen-bond acceptors (Lipinski definition) is 7. The smallest absolute Gasteiger partial charge is 0.311 e. The van der Waals surface area contributed by atoms with E-state index in [-0.39, 0.29) is 47.8 Å². The van der Waals surface area contributed by atoms with E-state index < -0.39 is 34.6 Å².